The van der Waals surface area contributed by atoms with Crippen molar-refractivity contribution in [1.29, 1.82) is 0 Å². The summed E-state index contributed by atoms with van der Waals surface area (Å²) in [6, 6.07) is -0.381. The van der Waals surface area contributed by atoms with Crippen LogP contribution < -0.4 is 10.6 Å². The highest BCUT2D eigenvalue weighted by atomic mass is 16.2. The Hall–Kier alpha value is -1.06. The second kappa shape index (κ2) is 3.13. The molecule has 1 aliphatic rings. The maximum absolute atomic E-state index is 11.3. The molecular formula is C8H14N2O2. The van der Waals surface area contributed by atoms with E-state index in [0.717, 1.165) is 12.8 Å². The van der Waals surface area contributed by atoms with Crippen LogP contribution in [0.3, 0.4) is 0 Å². The van der Waals surface area contributed by atoms with Crippen molar-refractivity contribution in [2.75, 3.05) is 6.54 Å². The van der Waals surface area contributed by atoms with Gasteiger partial charge in [0, 0.05) is 6.54 Å². The molecule has 68 valence electrons. The maximum atomic E-state index is 11.3. The van der Waals surface area contributed by atoms with Crippen LogP contribution in [0.1, 0.15) is 26.7 Å². The van der Waals surface area contributed by atoms with Crippen LogP contribution in [0.4, 0.5) is 4.79 Å². The molecule has 1 fully saturated rings. The van der Waals surface area contributed by atoms with E-state index >= 15 is 0 Å². The summed E-state index contributed by atoms with van der Waals surface area (Å²) in [6.07, 6.45) is 1.75. The third-order valence-electron chi connectivity index (χ3n) is 2.22. The Kier molecular flexibility index (Phi) is 2.35. The number of hydrogen-bond donors (Lipinski definition) is 2. The number of carbonyl (C=O) groups is 2. The number of rotatable bonds is 2. The molecule has 12 heavy (non-hydrogen) atoms. The molecule has 1 aliphatic heterocycles. The van der Waals surface area contributed by atoms with Crippen molar-refractivity contribution in [2.24, 2.45) is 5.41 Å². The van der Waals surface area contributed by atoms with Gasteiger partial charge in [-0.3, -0.25) is 10.1 Å². The number of hydrogen-bond acceptors (Lipinski definition) is 2. The van der Waals surface area contributed by atoms with Crippen molar-refractivity contribution in [3.8, 4) is 0 Å². The predicted octanol–water partition coefficient (Wildman–Crippen LogP) is 0.632. The highest BCUT2D eigenvalue weighted by molar-refractivity contribution is 5.99. The van der Waals surface area contributed by atoms with Gasteiger partial charge in [-0.05, 0) is 13.3 Å². The van der Waals surface area contributed by atoms with E-state index in [1.807, 2.05) is 13.8 Å². The highest BCUT2D eigenvalue weighted by Gasteiger charge is 2.37. The fraction of sp³-hybridized carbons (Fsp3) is 0.750. The van der Waals surface area contributed by atoms with E-state index in [4.69, 9.17) is 0 Å². The van der Waals surface area contributed by atoms with Crippen LogP contribution in [0.5, 0.6) is 0 Å². The lowest BCUT2D eigenvalue weighted by Gasteiger charge is -2.31. The topological polar surface area (TPSA) is 58.2 Å². The minimum absolute atomic E-state index is 0.159. The zero-order valence-electron chi connectivity index (χ0n) is 7.44. The molecular weight excluding hydrogens is 156 g/mol. The molecule has 0 aromatic heterocycles. The van der Waals surface area contributed by atoms with Crippen LogP contribution in [0.15, 0.2) is 0 Å². The van der Waals surface area contributed by atoms with Gasteiger partial charge in [0.15, 0.2) is 0 Å². The lowest BCUT2D eigenvalue weighted by Crippen LogP contribution is -2.57. The summed E-state index contributed by atoms with van der Waals surface area (Å²) in [5.74, 6) is -0.159. The first-order chi connectivity index (χ1) is 5.58. The Morgan fingerprint density at radius 1 is 1.50 bits per heavy atom. The Labute approximate surface area is 71.7 Å². The smallest absolute Gasteiger partial charge is 0.321 e. The van der Waals surface area contributed by atoms with Gasteiger partial charge < -0.3 is 5.32 Å². The van der Waals surface area contributed by atoms with E-state index < -0.39 is 5.41 Å². The van der Waals surface area contributed by atoms with Crippen LogP contribution in [0.25, 0.3) is 0 Å². The molecule has 1 atom stereocenters. The first-order valence-corrected chi connectivity index (χ1v) is 4.18. The molecule has 0 radical (unpaired) electrons. The van der Waals surface area contributed by atoms with Gasteiger partial charge in [0.2, 0.25) is 5.91 Å². The fourth-order valence-corrected chi connectivity index (χ4v) is 1.41. The number of carbonyl (C=O) groups excluding carboxylic acids is 2. The molecule has 1 rings (SSSR count). The third kappa shape index (κ3) is 1.57. The van der Waals surface area contributed by atoms with Gasteiger partial charge in [0.25, 0.3) is 0 Å². The number of amides is 3. The molecule has 1 saturated heterocycles. The maximum Gasteiger partial charge on any atom is 0.321 e. The average molecular weight is 170 g/mol. The van der Waals surface area contributed by atoms with E-state index in [0.29, 0.717) is 6.54 Å². The molecule has 0 spiro atoms. The van der Waals surface area contributed by atoms with Crippen LogP contribution in [-0.2, 0) is 4.79 Å². The van der Waals surface area contributed by atoms with Gasteiger partial charge >= 0.3 is 6.03 Å². The summed E-state index contributed by atoms with van der Waals surface area (Å²) >= 11 is 0. The van der Waals surface area contributed by atoms with Crippen LogP contribution in [0, 0.1) is 5.41 Å². The molecule has 1 unspecified atom stereocenters. The summed E-state index contributed by atoms with van der Waals surface area (Å²) in [7, 11) is 0. The van der Waals surface area contributed by atoms with Gasteiger partial charge in [-0.15, -0.1) is 0 Å². The number of nitrogens with one attached hydrogen (secondary N) is 2. The van der Waals surface area contributed by atoms with Crippen LogP contribution in [-0.4, -0.2) is 18.5 Å². The van der Waals surface area contributed by atoms with Gasteiger partial charge in [0.05, 0.1) is 5.41 Å². The van der Waals surface area contributed by atoms with Crippen molar-refractivity contribution in [2.45, 2.75) is 26.7 Å². The molecule has 3 amide bonds. The van der Waals surface area contributed by atoms with Gasteiger partial charge in [-0.25, -0.2) is 4.79 Å². The molecule has 4 heteroatoms. The minimum atomic E-state index is -0.414. The Balaban J connectivity index is 2.66. The first kappa shape index (κ1) is 9.03. The molecule has 0 aromatic rings. The lowest BCUT2D eigenvalue weighted by molar-refractivity contribution is -0.130. The molecule has 1 heterocycles. The summed E-state index contributed by atoms with van der Waals surface area (Å²) in [5, 5.41) is 4.88. The zero-order valence-corrected chi connectivity index (χ0v) is 7.44. The molecule has 0 bridgehead atoms. The summed E-state index contributed by atoms with van der Waals surface area (Å²) < 4.78 is 0. The van der Waals surface area contributed by atoms with Crippen molar-refractivity contribution in [3.63, 3.8) is 0 Å². The molecule has 0 aromatic carbocycles. The Morgan fingerprint density at radius 3 is 2.67 bits per heavy atom. The van der Waals surface area contributed by atoms with Gasteiger partial charge in [-0.2, -0.15) is 0 Å². The molecule has 0 saturated carbocycles. The van der Waals surface area contributed by atoms with E-state index in [2.05, 4.69) is 10.6 Å². The first-order valence-electron chi connectivity index (χ1n) is 4.18. The zero-order chi connectivity index (χ0) is 9.19. The van der Waals surface area contributed by atoms with Crippen molar-refractivity contribution >= 4 is 11.9 Å². The lowest BCUT2D eigenvalue weighted by atomic mass is 9.83. The van der Waals surface area contributed by atoms with Crippen molar-refractivity contribution < 1.29 is 9.59 Å². The highest BCUT2D eigenvalue weighted by Crippen LogP contribution is 2.24. The fourth-order valence-electron chi connectivity index (χ4n) is 1.41. The van der Waals surface area contributed by atoms with E-state index in [-0.39, 0.29) is 11.9 Å². The number of imide groups is 1. The number of urea groups is 1. The Bertz CT molecular complexity index is 215. The van der Waals surface area contributed by atoms with Gasteiger partial charge in [0.1, 0.15) is 0 Å². The second-order valence-electron chi connectivity index (χ2n) is 3.45. The summed E-state index contributed by atoms with van der Waals surface area (Å²) in [4.78, 5) is 22.1. The monoisotopic (exact) mass is 170 g/mol. The van der Waals surface area contributed by atoms with Gasteiger partial charge in [-0.1, -0.05) is 13.3 Å². The van der Waals surface area contributed by atoms with Crippen LogP contribution >= 0.6 is 0 Å². The summed E-state index contributed by atoms with van der Waals surface area (Å²) in [6.45, 7) is 4.34. The predicted molar refractivity (Wildman–Crippen MR) is 44.6 cm³/mol. The molecule has 2 N–H and O–H groups in total. The molecule has 0 aliphatic carbocycles. The quantitative estimate of drug-likeness (QED) is 0.638. The SMILES string of the molecule is CCCC1(C)CNC(=O)NC1=O. The van der Waals surface area contributed by atoms with E-state index in [9.17, 15) is 9.59 Å². The standard InChI is InChI=1S/C8H14N2O2/c1-3-4-8(2)5-9-7(12)10-6(8)11/h3-5H2,1-2H3,(H2,9,10,11,12). The third-order valence-corrected chi connectivity index (χ3v) is 2.22. The largest absolute Gasteiger partial charge is 0.337 e. The van der Waals surface area contributed by atoms with E-state index in [1.54, 1.807) is 0 Å². The summed E-state index contributed by atoms with van der Waals surface area (Å²) in [5.41, 5.74) is -0.414. The van der Waals surface area contributed by atoms with Crippen molar-refractivity contribution in [3.05, 3.63) is 0 Å². The second-order valence-corrected chi connectivity index (χ2v) is 3.45. The minimum Gasteiger partial charge on any atom is -0.337 e. The van der Waals surface area contributed by atoms with Crippen LogP contribution in [0.2, 0.25) is 0 Å². The average Bonchev–Trinajstić information content (AvgIpc) is 1.99. The normalized spacial score (nSPS) is 29.5. The Morgan fingerprint density at radius 2 is 2.17 bits per heavy atom. The van der Waals surface area contributed by atoms with E-state index in [1.165, 1.54) is 0 Å². The van der Waals surface area contributed by atoms with Crippen molar-refractivity contribution in [1.82, 2.24) is 10.6 Å². The molecule has 4 nitrogen and oxygen atoms in total.